The molecule has 0 heterocycles. The van der Waals surface area contributed by atoms with Gasteiger partial charge in [0, 0.05) is 0 Å². The van der Waals surface area contributed by atoms with E-state index in [0.29, 0.717) is 29.0 Å². The number of nitrogens with zero attached hydrogens (tertiary/aromatic N) is 1. The zero-order chi connectivity index (χ0) is 20.9. The molecule has 28 heavy (non-hydrogen) atoms. The smallest absolute Gasteiger partial charge is 0.343 e. The minimum absolute atomic E-state index is 0.0647. The highest BCUT2D eigenvalue weighted by molar-refractivity contribution is 5.91. The fourth-order valence-corrected chi connectivity index (χ4v) is 2.71. The highest BCUT2D eigenvalue weighted by Crippen LogP contribution is 2.29. The third-order valence-electron chi connectivity index (χ3n) is 3.76. The third-order valence-corrected chi connectivity index (χ3v) is 3.76. The van der Waals surface area contributed by atoms with Crippen molar-refractivity contribution in [2.45, 2.75) is 33.6 Å². The second-order valence-electron chi connectivity index (χ2n) is 7.72. The largest absolute Gasteiger partial charge is 0.481 e. The van der Waals surface area contributed by atoms with Gasteiger partial charge in [-0.25, -0.2) is 9.79 Å². The Labute approximate surface area is 164 Å². The minimum atomic E-state index is -0.910. The van der Waals surface area contributed by atoms with E-state index < -0.39 is 11.9 Å². The lowest BCUT2D eigenvalue weighted by Gasteiger charge is -2.21. The summed E-state index contributed by atoms with van der Waals surface area (Å²) in [4.78, 5) is 27.4. The molecule has 0 aliphatic rings. The van der Waals surface area contributed by atoms with E-state index in [4.69, 9.17) is 21.3 Å². The predicted molar refractivity (Wildman–Crippen MR) is 108 cm³/mol. The molecule has 0 saturated carbocycles. The van der Waals surface area contributed by atoms with Gasteiger partial charge in [-0.15, -0.1) is 0 Å². The Kier molecular flexibility index (Phi) is 6.41. The van der Waals surface area contributed by atoms with E-state index in [0.717, 1.165) is 5.56 Å². The van der Waals surface area contributed by atoms with E-state index in [9.17, 15) is 9.59 Å². The average Bonchev–Trinajstić information content (AvgIpc) is 2.55. The first kappa shape index (κ1) is 21.0. The van der Waals surface area contributed by atoms with Crippen LogP contribution in [-0.2, 0) is 17.6 Å². The van der Waals surface area contributed by atoms with Gasteiger partial charge in [0.05, 0.1) is 17.7 Å². The minimum Gasteiger partial charge on any atom is -0.481 e. The monoisotopic (exact) mass is 383 g/mol. The molecular weight excluding hydrogens is 358 g/mol. The van der Waals surface area contributed by atoms with Gasteiger partial charge in [0.1, 0.15) is 5.75 Å². The van der Waals surface area contributed by atoms with Crippen molar-refractivity contribution < 1.29 is 19.4 Å². The van der Waals surface area contributed by atoms with Gasteiger partial charge in [0.15, 0.2) is 5.96 Å². The van der Waals surface area contributed by atoms with Crippen molar-refractivity contribution in [2.75, 3.05) is 0 Å². The molecule has 2 aromatic carbocycles. The molecular formula is C21H25N3O4. The number of hydrogen-bond donors (Lipinski definition) is 3. The van der Waals surface area contributed by atoms with Crippen molar-refractivity contribution in [1.29, 1.82) is 0 Å². The maximum Gasteiger partial charge on any atom is 0.343 e. The van der Waals surface area contributed by atoms with Crippen LogP contribution in [-0.4, -0.2) is 23.0 Å². The van der Waals surface area contributed by atoms with Gasteiger partial charge in [0.25, 0.3) is 0 Å². The van der Waals surface area contributed by atoms with Crippen LogP contribution in [0, 0.1) is 5.41 Å². The highest BCUT2D eigenvalue weighted by atomic mass is 16.5. The molecule has 0 saturated heterocycles. The average molecular weight is 383 g/mol. The number of hydrogen-bond acceptors (Lipinski definition) is 4. The number of ether oxygens (including phenoxy) is 1. The van der Waals surface area contributed by atoms with E-state index in [1.165, 1.54) is 0 Å². The summed E-state index contributed by atoms with van der Waals surface area (Å²) in [5.74, 6) is -1.07. The molecule has 0 aromatic heterocycles. The van der Waals surface area contributed by atoms with Crippen molar-refractivity contribution in [2.24, 2.45) is 21.9 Å². The van der Waals surface area contributed by atoms with Gasteiger partial charge >= 0.3 is 11.9 Å². The van der Waals surface area contributed by atoms with Gasteiger partial charge in [-0.2, -0.15) is 0 Å². The number of aliphatic carboxylic acids is 1. The number of guanidine groups is 1. The number of aliphatic imine (C=N–C) groups is 1. The number of nitrogens with two attached hydrogens (primary N) is 2. The first-order valence-corrected chi connectivity index (χ1v) is 8.79. The molecule has 7 nitrogen and oxygen atoms in total. The van der Waals surface area contributed by atoms with Crippen molar-refractivity contribution in [3.05, 3.63) is 59.2 Å². The van der Waals surface area contributed by atoms with E-state index in [2.05, 4.69) is 25.8 Å². The second-order valence-corrected chi connectivity index (χ2v) is 7.72. The van der Waals surface area contributed by atoms with Gasteiger partial charge in [-0.1, -0.05) is 32.9 Å². The first-order chi connectivity index (χ1) is 13.0. The fourth-order valence-electron chi connectivity index (χ4n) is 2.71. The van der Waals surface area contributed by atoms with E-state index in [1.807, 2.05) is 0 Å². The molecule has 0 aliphatic heterocycles. The molecule has 2 rings (SSSR count). The van der Waals surface area contributed by atoms with Crippen LogP contribution in [0.4, 0.5) is 5.69 Å². The summed E-state index contributed by atoms with van der Waals surface area (Å²) in [6, 6.07) is 11.5. The maximum absolute atomic E-state index is 12.5. The standard InChI is InChI=1S/C21H25N3O4/c1-21(2,3)12-15-10-13(11-18(25)26)4-9-17(15)28-19(27)14-5-7-16(8-6-14)24-20(22)23/h4-10H,11-12H2,1-3H3,(H,25,26)(H4,22,23,24). The Bertz CT molecular complexity index is 893. The fraction of sp³-hybridized carbons (Fsp3) is 0.286. The molecule has 7 heteroatoms. The number of esters is 1. The first-order valence-electron chi connectivity index (χ1n) is 8.79. The highest BCUT2D eigenvalue weighted by Gasteiger charge is 2.18. The van der Waals surface area contributed by atoms with E-state index >= 15 is 0 Å². The predicted octanol–water partition coefficient (Wildman–Crippen LogP) is 3.03. The topological polar surface area (TPSA) is 128 Å². The molecule has 0 atom stereocenters. The summed E-state index contributed by atoms with van der Waals surface area (Å²) in [5, 5.41) is 9.02. The summed E-state index contributed by atoms with van der Waals surface area (Å²) in [6.45, 7) is 6.18. The molecule has 148 valence electrons. The lowest BCUT2D eigenvalue weighted by Crippen LogP contribution is -2.21. The normalized spacial score (nSPS) is 11.0. The number of rotatable bonds is 6. The van der Waals surface area contributed by atoms with Crippen molar-refractivity contribution >= 4 is 23.6 Å². The Hall–Kier alpha value is -3.35. The summed E-state index contributed by atoms with van der Waals surface area (Å²) in [5.41, 5.74) is 12.9. The summed E-state index contributed by atoms with van der Waals surface area (Å²) in [7, 11) is 0. The van der Waals surface area contributed by atoms with Crippen LogP contribution < -0.4 is 16.2 Å². The molecule has 0 spiro atoms. The summed E-state index contributed by atoms with van der Waals surface area (Å²) >= 11 is 0. The number of carbonyl (C=O) groups is 2. The third kappa shape index (κ3) is 6.42. The van der Waals surface area contributed by atoms with Gasteiger partial charge < -0.3 is 21.3 Å². The van der Waals surface area contributed by atoms with Crippen LogP contribution in [0.5, 0.6) is 5.75 Å². The quantitative estimate of drug-likeness (QED) is 0.304. The summed E-state index contributed by atoms with van der Waals surface area (Å²) < 4.78 is 5.59. The van der Waals surface area contributed by atoms with E-state index in [-0.39, 0.29) is 17.8 Å². The Morgan fingerprint density at radius 3 is 2.25 bits per heavy atom. The van der Waals surface area contributed by atoms with Crippen molar-refractivity contribution in [3.8, 4) is 5.75 Å². The lowest BCUT2D eigenvalue weighted by molar-refractivity contribution is -0.136. The number of carboxylic acid groups (broad SMARTS) is 1. The SMILES string of the molecule is CC(C)(C)Cc1cc(CC(=O)O)ccc1OC(=O)c1ccc(N=C(N)N)cc1. The molecule has 5 N–H and O–H groups in total. The molecule has 0 fully saturated rings. The number of benzene rings is 2. The second kappa shape index (κ2) is 8.56. The van der Waals surface area contributed by atoms with Crippen LogP contribution >= 0.6 is 0 Å². The Morgan fingerprint density at radius 1 is 1.07 bits per heavy atom. The molecule has 0 aliphatic carbocycles. The van der Waals surface area contributed by atoms with Crippen LogP contribution in [0.3, 0.4) is 0 Å². The maximum atomic E-state index is 12.5. The Morgan fingerprint density at radius 2 is 1.71 bits per heavy atom. The van der Waals surface area contributed by atoms with Crippen LogP contribution in [0.25, 0.3) is 0 Å². The number of carbonyl (C=O) groups excluding carboxylic acids is 1. The molecule has 0 bridgehead atoms. The van der Waals surface area contributed by atoms with Gasteiger partial charge in [0.2, 0.25) is 0 Å². The zero-order valence-electron chi connectivity index (χ0n) is 16.2. The summed E-state index contributed by atoms with van der Waals surface area (Å²) in [6.07, 6.45) is 0.546. The van der Waals surface area contributed by atoms with Crippen molar-refractivity contribution in [1.82, 2.24) is 0 Å². The molecule has 0 amide bonds. The molecule has 0 radical (unpaired) electrons. The number of carboxylic acids is 1. The lowest BCUT2D eigenvalue weighted by atomic mass is 9.87. The van der Waals surface area contributed by atoms with Crippen LogP contribution in [0.15, 0.2) is 47.5 Å². The molecule has 0 unspecified atom stereocenters. The Balaban J connectivity index is 2.26. The van der Waals surface area contributed by atoms with E-state index in [1.54, 1.807) is 42.5 Å². The van der Waals surface area contributed by atoms with Crippen LogP contribution in [0.1, 0.15) is 42.3 Å². The molecule has 2 aromatic rings. The van der Waals surface area contributed by atoms with Crippen LogP contribution in [0.2, 0.25) is 0 Å². The van der Waals surface area contributed by atoms with Gasteiger partial charge in [-0.3, -0.25) is 4.79 Å². The van der Waals surface area contributed by atoms with Gasteiger partial charge in [-0.05, 0) is 53.3 Å². The van der Waals surface area contributed by atoms with Crippen molar-refractivity contribution in [3.63, 3.8) is 0 Å². The zero-order valence-corrected chi connectivity index (χ0v) is 16.2.